The van der Waals surface area contributed by atoms with E-state index in [9.17, 15) is 0 Å². The van der Waals surface area contributed by atoms with Crippen LogP contribution in [0.1, 0.15) is 36.8 Å². The fourth-order valence-corrected chi connectivity index (χ4v) is 3.22. The highest BCUT2D eigenvalue weighted by Crippen LogP contribution is 2.24. The Labute approximate surface area is 110 Å². The Morgan fingerprint density at radius 2 is 2.06 bits per heavy atom. The Kier molecular flexibility index (Phi) is 3.84. The van der Waals surface area contributed by atoms with E-state index in [-0.39, 0.29) is 0 Å². The molecule has 1 saturated heterocycles. The van der Waals surface area contributed by atoms with Gasteiger partial charge in [0.05, 0.1) is 0 Å². The molecule has 2 nitrogen and oxygen atoms in total. The maximum absolute atomic E-state index is 3.59. The van der Waals surface area contributed by atoms with Gasteiger partial charge in [-0.1, -0.05) is 6.07 Å². The number of hydrogen-bond donors (Lipinski definition) is 2. The first-order valence-electron chi connectivity index (χ1n) is 7.48. The van der Waals surface area contributed by atoms with Crippen molar-refractivity contribution in [1.82, 2.24) is 5.32 Å². The lowest BCUT2D eigenvalue weighted by Crippen LogP contribution is -2.13. The predicted molar refractivity (Wildman–Crippen MR) is 77.2 cm³/mol. The summed E-state index contributed by atoms with van der Waals surface area (Å²) in [5.74, 6) is 0.884. The molecule has 1 unspecified atom stereocenters. The van der Waals surface area contributed by atoms with Crippen LogP contribution in [0.5, 0.6) is 0 Å². The molecule has 1 heterocycles. The fourth-order valence-electron chi connectivity index (χ4n) is 3.22. The van der Waals surface area contributed by atoms with E-state index in [0.717, 1.165) is 12.5 Å². The molecule has 3 rings (SSSR count). The zero-order valence-corrected chi connectivity index (χ0v) is 11.2. The number of hydrogen-bond acceptors (Lipinski definition) is 2. The Hall–Kier alpha value is -1.02. The van der Waals surface area contributed by atoms with E-state index < -0.39 is 0 Å². The molecule has 2 heteroatoms. The maximum atomic E-state index is 3.59. The van der Waals surface area contributed by atoms with Gasteiger partial charge in [-0.2, -0.15) is 0 Å². The van der Waals surface area contributed by atoms with Gasteiger partial charge in [-0.05, 0) is 80.8 Å². The molecule has 1 fully saturated rings. The average Bonchev–Trinajstić information content (AvgIpc) is 2.92. The van der Waals surface area contributed by atoms with E-state index >= 15 is 0 Å². The highest BCUT2D eigenvalue weighted by atomic mass is 14.9. The van der Waals surface area contributed by atoms with Crippen LogP contribution < -0.4 is 10.6 Å². The van der Waals surface area contributed by atoms with Gasteiger partial charge in [-0.25, -0.2) is 0 Å². The fraction of sp³-hybridized carbons (Fsp3) is 0.625. The summed E-state index contributed by atoms with van der Waals surface area (Å²) >= 11 is 0. The van der Waals surface area contributed by atoms with Crippen LogP contribution in [0.15, 0.2) is 18.2 Å². The molecule has 18 heavy (non-hydrogen) atoms. The molecule has 0 radical (unpaired) electrons. The minimum atomic E-state index is 0.884. The van der Waals surface area contributed by atoms with Crippen molar-refractivity contribution >= 4 is 5.69 Å². The molecule has 1 atom stereocenters. The standard InChI is InChI=1S/C16H24N2/c1-2-4-15-11-16(6-5-14(15)3-1)18-10-8-13-7-9-17-12-13/h5-6,11,13,17-18H,1-4,7-10,12H2. The number of anilines is 1. The van der Waals surface area contributed by atoms with E-state index in [0.29, 0.717) is 0 Å². The molecule has 0 bridgehead atoms. The first kappa shape index (κ1) is 12.0. The van der Waals surface area contributed by atoms with Gasteiger partial charge in [-0.15, -0.1) is 0 Å². The van der Waals surface area contributed by atoms with Crippen molar-refractivity contribution < 1.29 is 0 Å². The first-order chi connectivity index (χ1) is 8.92. The summed E-state index contributed by atoms with van der Waals surface area (Å²) < 4.78 is 0. The summed E-state index contributed by atoms with van der Waals surface area (Å²) in [5, 5.41) is 7.03. The number of nitrogens with one attached hydrogen (secondary N) is 2. The second kappa shape index (κ2) is 5.75. The van der Waals surface area contributed by atoms with Gasteiger partial charge in [0.25, 0.3) is 0 Å². The lowest BCUT2D eigenvalue weighted by Gasteiger charge is -2.17. The predicted octanol–water partition coefficient (Wildman–Crippen LogP) is 2.98. The van der Waals surface area contributed by atoms with Crippen molar-refractivity contribution in [3.8, 4) is 0 Å². The largest absolute Gasteiger partial charge is 0.385 e. The van der Waals surface area contributed by atoms with E-state index in [4.69, 9.17) is 0 Å². The van der Waals surface area contributed by atoms with Gasteiger partial charge in [0, 0.05) is 12.2 Å². The maximum Gasteiger partial charge on any atom is 0.0343 e. The highest BCUT2D eigenvalue weighted by Gasteiger charge is 2.13. The van der Waals surface area contributed by atoms with Crippen LogP contribution in [-0.2, 0) is 12.8 Å². The lowest BCUT2D eigenvalue weighted by molar-refractivity contribution is 0.549. The van der Waals surface area contributed by atoms with Crippen molar-refractivity contribution in [3.63, 3.8) is 0 Å². The van der Waals surface area contributed by atoms with Crippen LogP contribution in [-0.4, -0.2) is 19.6 Å². The molecule has 2 aliphatic rings. The summed E-state index contributed by atoms with van der Waals surface area (Å²) in [5.41, 5.74) is 4.47. The minimum absolute atomic E-state index is 0.884. The van der Waals surface area contributed by atoms with E-state index in [1.807, 2.05) is 0 Å². The number of aryl methyl sites for hydroxylation is 2. The summed E-state index contributed by atoms with van der Waals surface area (Å²) in [7, 11) is 0. The molecular formula is C16H24N2. The normalized spacial score (nSPS) is 22.8. The Balaban J connectivity index is 1.52. The summed E-state index contributed by atoms with van der Waals surface area (Å²) in [6, 6.07) is 6.96. The smallest absolute Gasteiger partial charge is 0.0343 e. The number of fused-ring (bicyclic) bond motifs is 1. The third-order valence-corrected chi connectivity index (χ3v) is 4.39. The zero-order chi connectivity index (χ0) is 12.2. The van der Waals surface area contributed by atoms with Gasteiger partial charge in [-0.3, -0.25) is 0 Å². The van der Waals surface area contributed by atoms with Crippen molar-refractivity contribution in [2.75, 3.05) is 25.0 Å². The van der Waals surface area contributed by atoms with E-state index in [2.05, 4.69) is 28.8 Å². The molecule has 1 aliphatic heterocycles. The van der Waals surface area contributed by atoms with Gasteiger partial charge < -0.3 is 10.6 Å². The molecule has 1 aromatic rings. The van der Waals surface area contributed by atoms with Crippen molar-refractivity contribution in [1.29, 1.82) is 0 Å². The van der Waals surface area contributed by atoms with Crippen molar-refractivity contribution in [3.05, 3.63) is 29.3 Å². The number of benzene rings is 1. The van der Waals surface area contributed by atoms with Crippen molar-refractivity contribution in [2.45, 2.75) is 38.5 Å². The molecule has 1 aromatic carbocycles. The van der Waals surface area contributed by atoms with Gasteiger partial charge in [0.1, 0.15) is 0 Å². The molecule has 98 valence electrons. The third kappa shape index (κ3) is 2.86. The Bertz CT molecular complexity index is 394. The highest BCUT2D eigenvalue weighted by molar-refractivity contribution is 5.49. The monoisotopic (exact) mass is 244 g/mol. The summed E-state index contributed by atoms with van der Waals surface area (Å²) in [4.78, 5) is 0. The second-order valence-electron chi connectivity index (χ2n) is 5.76. The average molecular weight is 244 g/mol. The second-order valence-corrected chi connectivity index (χ2v) is 5.76. The zero-order valence-electron chi connectivity index (χ0n) is 11.2. The van der Waals surface area contributed by atoms with E-state index in [1.54, 1.807) is 11.1 Å². The first-order valence-corrected chi connectivity index (χ1v) is 7.48. The van der Waals surface area contributed by atoms with Crippen LogP contribution >= 0.6 is 0 Å². The van der Waals surface area contributed by atoms with E-state index in [1.165, 1.54) is 57.3 Å². The lowest BCUT2D eigenvalue weighted by atomic mass is 9.91. The number of rotatable bonds is 4. The SMILES string of the molecule is c1cc2c(cc1NCCC1CCNC1)CCCC2. The van der Waals surface area contributed by atoms with Crippen LogP contribution in [0.25, 0.3) is 0 Å². The topological polar surface area (TPSA) is 24.1 Å². The van der Waals surface area contributed by atoms with Gasteiger partial charge in [0.15, 0.2) is 0 Å². The quantitative estimate of drug-likeness (QED) is 0.851. The molecule has 0 saturated carbocycles. The Morgan fingerprint density at radius 3 is 2.89 bits per heavy atom. The van der Waals surface area contributed by atoms with Crippen molar-refractivity contribution in [2.24, 2.45) is 5.92 Å². The van der Waals surface area contributed by atoms with Gasteiger partial charge in [0.2, 0.25) is 0 Å². The minimum Gasteiger partial charge on any atom is -0.385 e. The molecular weight excluding hydrogens is 220 g/mol. The van der Waals surface area contributed by atoms with Crippen LogP contribution in [0, 0.1) is 5.92 Å². The summed E-state index contributed by atoms with van der Waals surface area (Å²) in [6.07, 6.45) is 7.94. The third-order valence-electron chi connectivity index (χ3n) is 4.39. The molecule has 2 N–H and O–H groups in total. The molecule has 0 aromatic heterocycles. The molecule has 0 spiro atoms. The molecule has 1 aliphatic carbocycles. The Morgan fingerprint density at radius 1 is 1.17 bits per heavy atom. The van der Waals surface area contributed by atoms with Crippen LogP contribution in [0.3, 0.4) is 0 Å². The summed E-state index contributed by atoms with van der Waals surface area (Å²) in [6.45, 7) is 3.54. The van der Waals surface area contributed by atoms with Crippen LogP contribution in [0.2, 0.25) is 0 Å². The molecule has 0 amide bonds. The van der Waals surface area contributed by atoms with Gasteiger partial charge >= 0.3 is 0 Å². The van der Waals surface area contributed by atoms with Crippen LogP contribution in [0.4, 0.5) is 5.69 Å².